The zero-order valence-electron chi connectivity index (χ0n) is 12.3. The molecule has 3 aromatic carbocycles. The van der Waals surface area contributed by atoms with Crippen LogP contribution in [0.25, 0.3) is 10.8 Å². The van der Waals surface area contributed by atoms with Gasteiger partial charge in [-0.2, -0.15) is 0 Å². The molecule has 0 unspecified atom stereocenters. The van der Waals surface area contributed by atoms with E-state index in [0.717, 1.165) is 11.1 Å². The van der Waals surface area contributed by atoms with Crippen LogP contribution in [-0.2, 0) is 17.8 Å². The normalized spacial score (nSPS) is 10.5. The molecule has 3 rings (SSSR count). The lowest BCUT2D eigenvalue weighted by atomic mass is 10.0. The number of carbonyl (C=O) groups is 1. The minimum absolute atomic E-state index is 0.00136. The number of benzene rings is 3. The number of fused-ring (bicyclic) bond motifs is 1. The first-order valence-corrected chi connectivity index (χ1v) is 7.30. The summed E-state index contributed by atoms with van der Waals surface area (Å²) in [5.41, 5.74) is 8.46. The third-order valence-corrected chi connectivity index (χ3v) is 3.67. The lowest BCUT2D eigenvalue weighted by Gasteiger charge is -2.09. The molecule has 0 saturated heterocycles. The van der Waals surface area contributed by atoms with Gasteiger partial charge in [0.15, 0.2) is 0 Å². The highest BCUT2D eigenvalue weighted by molar-refractivity contribution is 5.86. The maximum Gasteiger partial charge on any atom is 0.224 e. The van der Waals surface area contributed by atoms with Crippen molar-refractivity contribution in [3.63, 3.8) is 0 Å². The second-order valence-electron chi connectivity index (χ2n) is 5.34. The van der Waals surface area contributed by atoms with Gasteiger partial charge in [-0.15, -0.1) is 0 Å². The molecule has 110 valence electrons. The Morgan fingerprint density at radius 3 is 2.59 bits per heavy atom. The van der Waals surface area contributed by atoms with Crippen LogP contribution in [-0.4, -0.2) is 5.91 Å². The number of amides is 1. The maximum atomic E-state index is 12.1. The van der Waals surface area contributed by atoms with Crippen molar-refractivity contribution in [2.24, 2.45) is 0 Å². The summed E-state index contributed by atoms with van der Waals surface area (Å²) in [4.78, 5) is 12.1. The summed E-state index contributed by atoms with van der Waals surface area (Å²) in [5, 5.41) is 5.34. The van der Waals surface area contributed by atoms with Crippen molar-refractivity contribution in [2.75, 3.05) is 5.73 Å². The minimum atomic E-state index is -0.00136. The van der Waals surface area contributed by atoms with Gasteiger partial charge in [-0.25, -0.2) is 0 Å². The van der Waals surface area contributed by atoms with Crippen LogP contribution < -0.4 is 11.1 Å². The molecule has 0 heterocycles. The van der Waals surface area contributed by atoms with E-state index in [1.54, 1.807) is 0 Å². The number of hydrogen-bond acceptors (Lipinski definition) is 2. The van der Waals surface area contributed by atoms with Gasteiger partial charge in [0.05, 0.1) is 6.42 Å². The molecular formula is C19H18N2O. The molecule has 0 aliphatic heterocycles. The van der Waals surface area contributed by atoms with Gasteiger partial charge in [-0.1, -0.05) is 54.6 Å². The van der Waals surface area contributed by atoms with Gasteiger partial charge in [-0.05, 0) is 34.0 Å². The van der Waals surface area contributed by atoms with Crippen molar-refractivity contribution in [1.82, 2.24) is 5.32 Å². The van der Waals surface area contributed by atoms with Crippen molar-refractivity contribution in [3.8, 4) is 0 Å². The van der Waals surface area contributed by atoms with Crippen molar-refractivity contribution in [2.45, 2.75) is 13.0 Å². The van der Waals surface area contributed by atoms with Crippen LogP contribution >= 0.6 is 0 Å². The highest BCUT2D eigenvalue weighted by Crippen LogP contribution is 2.18. The van der Waals surface area contributed by atoms with E-state index in [9.17, 15) is 4.79 Å². The average Bonchev–Trinajstić information content (AvgIpc) is 2.53. The Hall–Kier alpha value is -2.81. The van der Waals surface area contributed by atoms with Crippen molar-refractivity contribution < 1.29 is 4.79 Å². The van der Waals surface area contributed by atoms with E-state index in [0.29, 0.717) is 18.7 Å². The van der Waals surface area contributed by atoms with Gasteiger partial charge in [0.25, 0.3) is 0 Å². The smallest absolute Gasteiger partial charge is 0.224 e. The molecule has 0 bridgehead atoms. The molecule has 3 nitrogen and oxygen atoms in total. The quantitative estimate of drug-likeness (QED) is 0.724. The molecule has 1 amide bonds. The molecule has 0 saturated carbocycles. The van der Waals surface area contributed by atoms with Gasteiger partial charge in [0, 0.05) is 12.2 Å². The molecule has 0 spiro atoms. The topological polar surface area (TPSA) is 55.1 Å². The first kappa shape index (κ1) is 14.1. The van der Waals surface area contributed by atoms with Gasteiger partial charge in [0.1, 0.15) is 0 Å². The zero-order valence-corrected chi connectivity index (χ0v) is 12.3. The number of anilines is 1. The van der Waals surface area contributed by atoms with Crippen molar-refractivity contribution >= 4 is 22.4 Å². The van der Waals surface area contributed by atoms with Gasteiger partial charge < -0.3 is 11.1 Å². The summed E-state index contributed by atoms with van der Waals surface area (Å²) in [6, 6.07) is 21.7. The Balaban J connectivity index is 1.68. The number of nitrogen functional groups attached to an aromatic ring is 1. The molecule has 0 aliphatic carbocycles. The van der Waals surface area contributed by atoms with Crippen LogP contribution in [0.4, 0.5) is 5.69 Å². The Labute approximate surface area is 129 Å². The first-order chi connectivity index (χ1) is 10.7. The zero-order chi connectivity index (χ0) is 15.4. The van der Waals surface area contributed by atoms with Crippen LogP contribution in [0, 0.1) is 0 Å². The molecule has 0 aromatic heterocycles. The Morgan fingerprint density at radius 1 is 0.955 bits per heavy atom. The molecule has 0 fully saturated rings. The summed E-state index contributed by atoms with van der Waals surface area (Å²) in [6.45, 7) is 0.530. The van der Waals surface area contributed by atoms with Gasteiger partial charge >= 0.3 is 0 Å². The number of nitrogens with one attached hydrogen (secondary N) is 1. The number of rotatable bonds is 4. The Kier molecular flexibility index (Phi) is 4.05. The predicted molar refractivity (Wildman–Crippen MR) is 90.4 cm³/mol. The molecule has 3 aromatic rings. The molecule has 22 heavy (non-hydrogen) atoms. The molecule has 0 radical (unpaired) electrons. The van der Waals surface area contributed by atoms with E-state index in [4.69, 9.17) is 5.73 Å². The van der Waals surface area contributed by atoms with E-state index in [-0.39, 0.29) is 5.91 Å². The van der Waals surface area contributed by atoms with Crippen LogP contribution in [0.2, 0.25) is 0 Å². The highest BCUT2D eigenvalue weighted by atomic mass is 16.1. The fourth-order valence-corrected chi connectivity index (χ4v) is 2.59. The molecular weight excluding hydrogens is 272 g/mol. The second-order valence-corrected chi connectivity index (χ2v) is 5.34. The predicted octanol–water partition coefficient (Wildman–Crippen LogP) is 3.28. The van der Waals surface area contributed by atoms with E-state index >= 15 is 0 Å². The molecule has 3 heteroatoms. The molecule has 0 aliphatic rings. The first-order valence-electron chi connectivity index (χ1n) is 7.30. The van der Waals surface area contributed by atoms with Crippen LogP contribution in [0.3, 0.4) is 0 Å². The second kappa shape index (κ2) is 6.31. The third kappa shape index (κ3) is 3.26. The SMILES string of the molecule is Nc1cccc(CC(=O)NCc2cccc3ccccc23)c1. The molecule has 0 atom stereocenters. The maximum absolute atomic E-state index is 12.1. The summed E-state index contributed by atoms with van der Waals surface area (Å²) >= 11 is 0. The van der Waals surface area contributed by atoms with Gasteiger partial charge in [0.2, 0.25) is 5.91 Å². The van der Waals surface area contributed by atoms with Crippen LogP contribution in [0.5, 0.6) is 0 Å². The number of carbonyl (C=O) groups excluding carboxylic acids is 1. The number of nitrogens with two attached hydrogens (primary N) is 1. The summed E-state index contributed by atoms with van der Waals surface area (Å²) in [7, 11) is 0. The van der Waals surface area contributed by atoms with E-state index in [2.05, 4.69) is 23.5 Å². The summed E-state index contributed by atoms with van der Waals surface area (Å²) in [6.07, 6.45) is 0.343. The van der Waals surface area contributed by atoms with E-state index in [1.807, 2.05) is 48.5 Å². The van der Waals surface area contributed by atoms with Gasteiger partial charge in [-0.3, -0.25) is 4.79 Å². The number of hydrogen-bond donors (Lipinski definition) is 2. The lowest BCUT2D eigenvalue weighted by molar-refractivity contribution is -0.120. The van der Waals surface area contributed by atoms with Crippen LogP contribution in [0.1, 0.15) is 11.1 Å². The summed E-state index contributed by atoms with van der Waals surface area (Å²) < 4.78 is 0. The fourth-order valence-electron chi connectivity index (χ4n) is 2.59. The monoisotopic (exact) mass is 290 g/mol. The van der Waals surface area contributed by atoms with Crippen molar-refractivity contribution in [1.29, 1.82) is 0 Å². The third-order valence-electron chi connectivity index (χ3n) is 3.67. The van der Waals surface area contributed by atoms with E-state index in [1.165, 1.54) is 10.8 Å². The summed E-state index contributed by atoms with van der Waals surface area (Å²) in [5.74, 6) is -0.00136. The fraction of sp³-hybridized carbons (Fsp3) is 0.105. The van der Waals surface area contributed by atoms with E-state index < -0.39 is 0 Å². The van der Waals surface area contributed by atoms with Crippen molar-refractivity contribution in [3.05, 3.63) is 77.9 Å². The highest BCUT2D eigenvalue weighted by Gasteiger charge is 2.05. The Bertz CT molecular complexity index is 806. The van der Waals surface area contributed by atoms with Crippen LogP contribution in [0.15, 0.2) is 66.7 Å². The average molecular weight is 290 g/mol. The standard InChI is InChI=1S/C19H18N2O/c20-17-9-3-5-14(11-17)12-19(22)21-13-16-8-4-7-15-6-1-2-10-18(15)16/h1-11H,12-13,20H2,(H,21,22). The Morgan fingerprint density at radius 2 is 1.73 bits per heavy atom. The minimum Gasteiger partial charge on any atom is -0.399 e. The largest absolute Gasteiger partial charge is 0.399 e. The lowest BCUT2D eigenvalue weighted by Crippen LogP contribution is -2.24. The molecule has 3 N–H and O–H groups in total.